The molecule has 3 N–H and O–H groups in total. The normalized spacial score (nSPS) is 11.4. The van der Waals surface area contributed by atoms with Crippen molar-refractivity contribution in [2.45, 2.75) is 12.3 Å². The Morgan fingerprint density at radius 3 is 2.90 bits per heavy atom. The Hall–Kier alpha value is -1.35. The van der Waals surface area contributed by atoms with E-state index in [1.807, 2.05) is 0 Å². The second-order valence-electron chi connectivity index (χ2n) is 4.11. The van der Waals surface area contributed by atoms with Gasteiger partial charge in [-0.1, -0.05) is 30.4 Å². The van der Waals surface area contributed by atoms with Crippen LogP contribution in [0, 0.1) is 0 Å². The fourth-order valence-electron chi connectivity index (χ4n) is 1.60. The van der Waals surface area contributed by atoms with E-state index in [-0.39, 0.29) is 17.3 Å². The summed E-state index contributed by atoms with van der Waals surface area (Å²) < 4.78 is 26.5. The number of nitrogens with zero attached hydrogens (tertiary/aromatic N) is 1. The van der Waals surface area contributed by atoms with Gasteiger partial charge in [-0.2, -0.15) is 0 Å². The topological polar surface area (TPSA) is 85.1 Å². The van der Waals surface area contributed by atoms with Crippen LogP contribution in [0.25, 0.3) is 0 Å². The lowest BCUT2D eigenvalue weighted by atomic mass is 10.1. The summed E-state index contributed by atoms with van der Waals surface area (Å²) in [5.74, 6) is -0.109. The van der Waals surface area contributed by atoms with Crippen LogP contribution < -0.4 is 10.5 Å². The highest BCUT2D eigenvalue weighted by Gasteiger charge is 2.12. The van der Waals surface area contributed by atoms with Crippen LogP contribution in [0.2, 0.25) is 0 Å². The molecule has 0 radical (unpaired) electrons. The molecule has 2 aromatic rings. The van der Waals surface area contributed by atoms with Gasteiger partial charge in [-0.25, -0.2) is 13.1 Å². The van der Waals surface area contributed by atoms with E-state index in [0.717, 1.165) is 4.88 Å². The van der Waals surface area contributed by atoms with E-state index in [0.29, 0.717) is 11.1 Å². The summed E-state index contributed by atoms with van der Waals surface area (Å²) in [6.45, 7) is 0.252. The maximum atomic E-state index is 12.0. The average Bonchev–Trinajstić information content (AvgIpc) is 2.89. The van der Waals surface area contributed by atoms with E-state index in [9.17, 15) is 8.42 Å². The Bertz CT molecular complexity index is 696. The summed E-state index contributed by atoms with van der Waals surface area (Å²) in [5.41, 5.74) is 8.50. The number of thiocarbonyl (C=S) groups is 1. The van der Waals surface area contributed by atoms with Crippen LogP contribution in [-0.4, -0.2) is 18.4 Å². The van der Waals surface area contributed by atoms with Gasteiger partial charge in [-0.3, -0.25) is 4.98 Å². The Balaban J connectivity index is 2.04. The predicted molar refractivity (Wildman–Crippen MR) is 83.9 cm³/mol. The van der Waals surface area contributed by atoms with Gasteiger partial charge in [-0.15, -0.1) is 11.3 Å². The molecule has 0 amide bonds. The third kappa shape index (κ3) is 4.34. The van der Waals surface area contributed by atoms with Crippen LogP contribution in [0.3, 0.4) is 0 Å². The number of rotatable bonds is 6. The van der Waals surface area contributed by atoms with E-state index < -0.39 is 10.0 Å². The molecule has 5 nitrogen and oxygen atoms in total. The molecule has 0 bridgehead atoms. The summed E-state index contributed by atoms with van der Waals surface area (Å²) in [5, 5.41) is 0. The van der Waals surface area contributed by atoms with Crippen LogP contribution in [0.5, 0.6) is 0 Å². The largest absolute Gasteiger partial charge is 0.389 e. The minimum atomic E-state index is -3.41. The highest BCUT2D eigenvalue weighted by molar-refractivity contribution is 7.88. The fraction of sp³-hybridized carbons (Fsp3) is 0.167. The lowest BCUT2D eigenvalue weighted by Crippen LogP contribution is -2.24. The third-order valence-corrected chi connectivity index (χ3v) is 4.83. The number of hydrogen-bond donors (Lipinski definition) is 2. The minimum Gasteiger partial charge on any atom is -0.389 e. The SMILES string of the molecule is NC(=S)c1cccc(CS(=O)(=O)NCc2cncs2)c1. The van der Waals surface area contributed by atoms with Gasteiger partial charge in [0.05, 0.1) is 11.3 Å². The van der Waals surface area contributed by atoms with Gasteiger partial charge in [0, 0.05) is 23.2 Å². The number of thiazole rings is 1. The number of benzene rings is 1. The van der Waals surface area contributed by atoms with Crippen molar-refractivity contribution in [3.63, 3.8) is 0 Å². The molecule has 0 spiro atoms. The molecule has 0 aliphatic rings. The van der Waals surface area contributed by atoms with Gasteiger partial charge in [0.2, 0.25) is 10.0 Å². The molecule has 0 saturated carbocycles. The molecular weight excluding hydrogens is 314 g/mol. The maximum absolute atomic E-state index is 12.0. The summed E-state index contributed by atoms with van der Waals surface area (Å²) in [6, 6.07) is 6.91. The molecule has 0 saturated heterocycles. The predicted octanol–water partition coefficient (Wildman–Crippen LogP) is 1.40. The maximum Gasteiger partial charge on any atom is 0.216 e. The van der Waals surface area contributed by atoms with Crippen LogP contribution in [-0.2, 0) is 22.3 Å². The molecule has 0 fully saturated rings. The highest BCUT2D eigenvalue weighted by atomic mass is 32.2. The standard InChI is InChI=1S/C12H13N3O2S3/c13-12(18)10-3-1-2-9(4-10)7-20(16,17)15-6-11-5-14-8-19-11/h1-5,8,15H,6-7H2,(H2,13,18). The summed E-state index contributed by atoms with van der Waals surface area (Å²) in [4.78, 5) is 5.01. The molecule has 0 aliphatic heterocycles. The zero-order valence-electron chi connectivity index (χ0n) is 10.4. The first-order chi connectivity index (χ1) is 9.46. The van der Waals surface area contributed by atoms with Crippen molar-refractivity contribution in [3.05, 3.63) is 52.0 Å². The number of nitrogens with two attached hydrogens (primary N) is 1. The molecule has 0 atom stereocenters. The summed E-state index contributed by atoms with van der Waals surface area (Å²) >= 11 is 6.28. The summed E-state index contributed by atoms with van der Waals surface area (Å²) in [7, 11) is -3.41. The molecule has 106 valence electrons. The van der Waals surface area contributed by atoms with E-state index in [1.165, 1.54) is 11.3 Å². The first-order valence-electron chi connectivity index (χ1n) is 5.70. The van der Waals surface area contributed by atoms with Gasteiger partial charge in [0.25, 0.3) is 0 Å². The Labute approximate surface area is 126 Å². The Kier molecular flexibility index (Phi) is 4.81. The molecule has 1 aromatic carbocycles. The number of hydrogen-bond acceptors (Lipinski definition) is 5. The van der Waals surface area contributed by atoms with Crippen LogP contribution >= 0.6 is 23.6 Å². The smallest absolute Gasteiger partial charge is 0.216 e. The number of sulfonamides is 1. The lowest BCUT2D eigenvalue weighted by molar-refractivity contribution is 0.581. The zero-order chi connectivity index (χ0) is 14.6. The van der Waals surface area contributed by atoms with Crippen molar-refractivity contribution in [1.82, 2.24) is 9.71 Å². The van der Waals surface area contributed by atoms with E-state index >= 15 is 0 Å². The molecule has 8 heteroatoms. The van der Waals surface area contributed by atoms with Gasteiger partial charge >= 0.3 is 0 Å². The fourth-order valence-corrected chi connectivity index (χ4v) is 3.44. The van der Waals surface area contributed by atoms with Crippen LogP contribution in [0.4, 0.5) is 0 Å². The van der Waals surface area contributed by atoms with Crippen LogP contribution in [0.15, 0.2) is 36.0 Å². The monoisotopic (exact) mass is 327 g/mol. The van der Waals surface area contributed by atoms with E-state index in [4.69, 9.17) is 18.0 Å². The minimum absolute atomic E-state index is 0.109. The van der Waals surface area contributed by atoms with Gasteiger partial charge in [-0.05, 0) is 11.6 Å². The molecule has 1 heterocycles. The van der Waals surface area contributed by atoms with Gasteiger partial charge in [0.1, 0.15) is 4.99 Å². The summed E-state index contributed by atoms with van der Waals surface area (Å²) in [6.07, 6.45) is 1.64. The van der Waals surface area contributed by atoms with Gasteiger partial charge in [0.15, 0.2) is 0 Å². The quantitative estimate of drug-likeness (QED) is 0.783. The van der Waals surface area contributed by atoms with Crippen molar-refractivity contribution in [3.8, 4) is 0 Å². The highest BCUT2D eigenvalue weighted by Crippen LogP contribution is 2.10. The number of aromatic nitrogens is 1. The van der Waals surface area contributed by atoms with Crippen LogP contribution in [0.1, 0.15) is 16.0 Å². The van der Waals surface area contributed by atoms with Crippen molar-refractivity contribution in [1.29, 1.82) is 0 Å². The Morgan fingerprint density at radius 2 is 2.25 bits per heavy atom. The molecule has 20 heavy (non-hydrogen) atoms. The molecular formula is C12H13N3O2S3. The van der Waals surface area contributed by atoms with Crippen molar-refractivity contribution >= 4 is 38.6 Å². The second kappa shape index (κ2) is 6.40. The molecule has 0 unspecified atom stereocenters. The van der Waals surface area contributed by atoms with Crippen molar-refractivity contribution < 1.29 is 8.42 Å². The molecule has 2 rings (SSSR count). The van der Waals surface area contributed by atoms with Gasteiger partial charge < -0.3 is 5.73 Å². The lowest BCUT2D eigenvalue weighted by Gasteiger charge is -2.07. The number of nitrogens with one attached hydrogen (secondary N) is 1. The first kappa shape index (κ1) is 15.0. The Morgan fingerprint density at radius 1 is 1.45 bits per heavy atom. The van der Waals surface area contributed by atoms with Crippen molar-refractivity contribution in [2.24, 2.45) is 5.73 Å². The zero-order valence-corrected chi connectivity index (χ0v) is 12.9. The molecule has 1 aromatic heterocycles. The first-order valence-corrected chi connectivity index (χ1v) is 8.64. The average molecular weight is 327 g/mol. The second-order valence-corrected chi connectivity index (χ2v) is 7.33. The molecule has 0 aliphatic carbocycles. The third-order valence-electron chi connectivity index (χ3n) is 2.52. The van der Waals surface area contributed by atoms with Crippen molar-refractivity contribution in [2.75, 3.05) is 0 Å². The van der Waals surface area contributed by atoms with E-state index in [1.54, 1.807) is 36.0 Å². The van der Waals surface area contributed by atoms with E-state index in [2.05, 4.69) is 9.71 Å².